The Morgan fingerprint density at radius 1 is 1.16 bits per heavy atom. The van der Waals surface area contributed by atoms with E-state index < -0.39 is 0 Å². The molecule has 0 fully saturated rings. The van der Waals surface area contributed by atoms with Crippen LogP contribution < -0.4 is 0 Å². The van der Waals surface area contributed by atoms with Crippen LogP contribution in [0.3, 0.4) is 0 Å². The molecule has 2 unspecified atom stereocenters. The molecule has 0 radical (unpaired) electrons. The Balaban J connectivity index is 2.04. The Morgan fingerprint density at radius 2 is 1.84 bits per heavy atom. The summed E-state index contributed by atoms with van der Waals surface area (Å²) in [7, 11) is 0. The summed E-state index contributed by atoms with van der Waals surface area (Å²) >= 11 is 0. The fraction of sp³-hybridized carbons (Fsp3) is 0.471. The van der Waals surface area contributed by atoms with Gasteiger partial charge in [-0.15, -0.1) is 0 Å². The van der Waals surface area contributed by atoms with Gasteiger partial charge in [0.2, 0.25) is 0 Å². The minimum Gasteiger partial charge on any atom is -0.262 e. The van der Waals surface area contributed by atoms with E-state index in [1.807, 2.05) is 0 Å². The predicted molar refractivity (Wildman–Crippen MR) is 78.5 cm³/mol. The molecule has 2 nitrogen and oxygen atoms in total. The molecule has 2 heterocycles. The summed E-state index contributed by atoms with van der Waals surface area (Å²) in [6.45, 7) is 9.00. The van der Waals surface area contributed by atoms with Crippen molar-refractivity contribution in [2.75, 3.05) is 0 Å². The highest BCUT2D eigenvalue weighted by molar-refractivity contribution is 5.29. The second kappa shape index (κ2) is 4.22. The molecule has 0 saturated heterocycles. The fourth-order valence-corrected chi connectivity index (χ4v) is 2.90. The lowest BCUT2D eigenvalue weighted by molar-refractivity contribution is 0.501. The van der Waals surface area contributed by atoms with E-state index in [1.165, 1.54) is 17.0 Å². The lowest BCUT2D eigenvalue weighted by Crippen LogP contribution is -2.14. The first-order valence-corrected chi connectivity index (χ1v) is 7.11. The van der Waals surface area contributed by atoms with E-state index in [0.29, 0.717) is 12.0 Å². The van der Waals surface area contributed by atoms with E-state index in [0.717, 1.165) is 6.42 Å². The van der Waals surface area contributed by atoms with Gasteiger partial charge in [-0.25, -0.2) is 0 Å². The van der Waals surface area contributed by atoms with Gasteiger partial charge in [0, 0.05) is 17.0 Å². The van der Waals surface area contributed by atoms with E-state index in [4.69, 9.17) is 5.10 Å². The van der Waals surface area contributed by atoms with Crippen LogP contribution in [0.4, 0.5) is 0 Å². The van der Waals surface area contributed by atoms with Crippen LogP contribution in [0, 0.1) is 0 Å². The highest BCUT2D eigenvalue weighted by Crippen LogP contribution is 2.40. The van der Waals surface area contributed by atoms with Crippen LogP contribution in [0.25, 0.3) is 0 Å². The van der Waals surface area contributed by atoms with Crippen LogP contribution in [-0.4, -0.2) is 9.78 Å². The molecule has 0 bridgehead atoms. The lowest BCUT2D eigenvalue weighted by Gasteiger charge is -2.17. The first kappa shape index (κ1) is 12.5. The van der Waals surface area contributed by atoms with Crippen molar-refractivity contribution in [1.29, 1.82) is 0 Å². The number of rotatable bonds is 1. The second-order valence-electron chi connectivity index (χ2n) is 6.71. The van der Waals surface area contributed by atoms with Crippen LogP contribution in [0.2, 0.25) is 0 Å². The van der Waals surface area contributed by atoms with Gasteiger partial charge >= 0.3 is 0 Å². The molecule has 1 aliphatic rings. The number of hydrogen-bond acceptors (Lipinski definition) is 1. The normalized spacial score (nSPS) is 22.5. The molecule has 0 amide bonds. The number of benzene rings is 1. The third-order valence-electron chi connectivity index (χ3n) is 4.09. The number of hydrogen-bond donors (Lipinski definition) is 0. The topological polar surface area (TPSA) is 17.8 Å². The summed E-state index contributed by atoms with van der Waals surface area (Å²) in [5, 5.41) is 4.89. The summed E-state index contributed by atoms with van der Waals surface area (Å²) in [5.41, 5.74) is 4.09. The van der Waals surface area contributed by atoms with E-state index >= 15 is 0 Å². The maximum atomic E-state index is 4.89. The third-order valence-corrected chi connectivity index (χ3v) is 4.09. The zero-order valence-electron chi connectivity index (χ0n) is 12.2. The van der Waals surface area contributed by atoms with Crippen LogP contribution in [-0.2, 0) is 5.41 Å². The first-order valence-electron chi connectivity index (χ1n) is 7.11. The molecule has 3 rings (SSSR count). The zero-order chi connectivity index (χ0) is 13.6. The van der Waals surface area contributed by atoms with Crippen LogP contribution in [0.5, 0.6) is 0 Å². The summed E-state index contributed by atoms with van der Waals surface area (Å²) in [5.74, 6) is 0.591. The standard InChI is InChI=1S/C17H22N2/c1-12-10-15(13-8-6-5-7-9-13)19-14(12)11-16(18-19)17(2,3)4/h5-9,11-12,15H,10H2,1-4H3. The summed E-state index contributed by atoms with van der Waals surface area (Å²) in [6.07, 6.45) is 1.16. The van der Waals surface area contributed by atoms with E-state index in [9.17, 15) is 0 Å². The molecule has 0 spiro atoms. The van der Waals surface area contributed by atoms with Gasteiger partial charge in [0.25, 0.3) is 0 Å². The molecule has 100 valence electrons. The van der Waals surface area contributed by atoms with Crippen molar-refractivity contribution in [2.45, 2.75) is 51.5 Å². The second-order valence-corrected chi connectivity index (χ2v) is 6.71. The largest absolute Gasteiger partial charge is 0.262 e. The van der Waals surface area contributed by atoms with Gasteiger partial charge in [-0.3, -0.25) is 4.68 Å². The number of fused-ring (bicyclic) bond motifs is 1. The van der Waals surface area contributed by atoms with Gasteiger partial charge < -0.3 is 0 Å². The Morgan fingerprint density at radius 3 is 2.47 bits per heavy atom. The van der Waals surface area contributed by atoms with Crippen molar-refractivity contribution in [3.05, 3.63) is 53.3 Å². The Labute approximate surface area is 115 Å². The molecular formula is C17H22N2. The minimum absolute atomic E-state index is 0.123. The Hall–Kier alpha value is -1.57. The van der Waals surface area contributed by atoms with Crippen molar-refractivity contribution >= 4 is 0 Å². The van der Waals surface area contributed by atoms with Crippen LogP contribution >= 0.6 is 0 Å². The minimum atomic E-state index is 0.123. The molecular weight excluding hydrogens is 232 g/mol. The lowest BCUT2D eigenvalue weighted by atomic mass is 9.91. The predicted octanol–water partition coefficient (Wildman–Crippen LogP) is 4.28. The monoisotopic (exact) mass is 254 g/mol. The zero-order valence-corrected chi connectivity index (χ0v) is 12.2. The van der Waals surface area contributed by atoms with Gasteiger partial charge in [-0.05, 0) is 18.1 Å². The van der Waals surface area contributed by atoms with Crippen molar-refractivity contribution < 1.29 is 0 Å². The highest BCUT2D eigenvalue weighted by Gasteiger charge is 2.32. The molecule has 1 aliphatic heterocycles. The van der Waals surface area contributed by atoms with Crippen molar-refractivity contribution in [3.8, 4) is 0 Å². The highest BCUT2D eigenvalue weighted by atomic mass is 15.3. The van der Waals surface area contributed by atoms with Crippen molar-refractivity contribution in [1.82, 2.24) is 9.78 Å². The Kier molecular flexibility index (Phi) is 2.77. The fourth-order valence-electron chi connectivity index (χ4n) is 2.90. The van der Waals surface area contributed by atoms with Crippen molar-refractivity contribution in [3.63, 3.8) is 0 Å². The van der Waals surface area contributed by atoms with Gasteiger partial charge in [0.15, 0.2) is 0 Å². The molecule has 0 N–H and O–H groups in total. The van der Waals surface area contributed by atoms with Crippen LogP contribution in [0.1, 0.15) is 63.0 Å². The van der Waals surface area contributed by atoms with Gasteiger partial charge in [0.1, 0.15) is 0 Å². The third kappa shape index (κ3) is 2.09. The molecule has 2 atom stereocenters. The smallest absolute Gasteiger partial charge is 0.0778 e. The van der Waals surface area contributed by atoms with Crippen molar-refractivity contribution in [2.24, 2.45) is 0 Å². The Bertz CT molecular complexity index is 575. The molecule has 0 aliphatic carbocycles. The molecule has 2 aromatic rings. The molecule has 0 saturated carbocycles. The van der Waals surface area contributed by atoms with Gasteiger partial charge in [0.05, 0.1) is 11.7 Å². The maximum absolute atomic E-state index is 4.89. The summed E-state index contributed by atoms with van der Waals surface area (Å²) in [4.78, 5) is 0. The van der Waals surface area contributed by atoms with Crippen LogP contribution in [0.15, 0.2) is 36.4 Å². The number of aromatic nitrogens is 2. The molecule has 1 aromatic carbocycles. The first-order chi connectivity index (χ1) is 8.97. The van der Waals surface area contributed by atoms with Gasteiger partial charge in [-0.2, -0.15) is 5.10 Å². The maximum Gasteiger partial charge on any atom is 0.0778 e. The van der Waals surface area contributed by atoms with E-state index in [2.05, 4.69) is 68.8 Å². The summed E-state index contributed by atoms with van der Waals surface area (Å²) in [6, 6.07) is 13.4. The number of nitrogens with zero attached hydrogens (tertiary/aromatic N) is 2. The quantitative estimate of drug-likeness (QED) is 0.743. The molecule has 1 aromatic heterocycles. The van der Waals surface area contributed by atoms with E-state index in [-0.39, 0.29) is 5.41 Å². The SMILES string of the molecule is CC1CC(c2ccccc2)n2nc(C(C)(C)C)cc21. The van der Waals surface area contributed by atoms with Gasteiger partial charge in [-0.1, -0.05) is 58.0 Å². The summed E-state index contributed by atoms with van der Waals surface area (Å²) < 4.78 is 2.25. The average Bonchev–Trinajstić information content (AvgIpc) is 2.91. The molecule has 19 heavy (non-hydrogen) atoms. The molecule has 2 heteroatoms. The average molecular weight is 254 g/mol. The van der Waals surface area contributed by atoms with E-state index in [1.54, 1.807) is 0 Å².